The van der Waals surface area contributed by atoms with Crippen molar-refractivity contribution in [2.24, 2.45) is 0 Å². The lowest BCUT2D eigenvalue weighted by atomic mass is 10.1. The summed E-state index contributed by atoms with van der Waals surface area (Å²) in [5, 5.41) is 18.3. The lowest BCUT2D eigenvalue weighted by Crippen LogP contribution is -2.44. The number of hydrogen-bond acceptors (Lipinski definition) is 7. The number of urea groups is 1. The second-order valence-corrected chi connectivity index (χ2v) is 5.18. The molecule has 1 aliphatic heterocycles. The zero-order valence-corrected chi connectivity index (χ0v) is 12.8. The van der Waals surface area contributed by atoms with E-state index in [1.54, 1.807) is 0 Å². The highest BCUT2D eigenvalue weighted by atomic mass is 16.5. The third-order valence-corrected chi connectivity index (χ3v) is 3.60. The van der Waals surface area contributed by atoms with Crippen LogP contribution < -0.4 is 10.6 Å². The van der Waals surface area contributed by atoms with Gasteiger partial charge in [0.15, 0.2) is 0 Å². The molecule has 0 radical (unpaired) electrons. The predicted molar refractivity (Wildman–Crippen MR) is 79.8 cm³/mol. The Labute approximate surface area is 132 Å². The highest BCUT2D eigenvalue weighted by molar-refractivity contribution is 5.87. The Morgan fingerprint density at radius 3 is 2.91 bits per heavy atom. The molecule has 0 saturated carbocycles. The molecule has 1 fully saturated rings. The zero-order chi connectivity index (χ0) is 16.1. The summed E-state index contributed by atoms with van der Waals surface area (Å²) < 4.78 is 11.1. The van der Waals surface area contributed by atoms with Crippen molar-refractivity contribution in [2.45, 2.75) is 13.0 Å². The summed E-state index contributed by atoms with van der Waals surface area (Å²) in [6.45, 7) is 5.22. The number of morpholine rings is 1. The number of aromatic amines is 1. The number of furan rings is 1. The highest BCUT2D eigenvalue weighted by Crippen LogP contribution is 2.23. The van der Waals surface area contributed by atoms with Gasteiger partial charge in [0.05, 0.1) is 19.3 Å². The number of rotatable bonds is 5. The number of anilines is 1. The van der Waals surface area contributed by atoms with Crippen LogP contribution in [0.5, 0.6) is 0 Å². The lowest BCUT2D eigenvalue weighted by Gasteiger charge is -2.33. The molecule has 10 nitrogen and oxygen atoms in total. The number of hydrogen-bond donors (Lipinski definition) is 3. The number of amides is 2. The molecule has 0 aliphatic carbocycles. The summed E-state index contributed by atoms with van der Waals surface area (Å²) in [6, 6.07) is 3.41. The summed E-state index contributed by atoms with van der Waals surface area (Å²) in [4.78, 5) is 14.1. The standard InChI is InChI=1S/C13H19N7O3/c1-9-2-3-11(23-9)10(20-4-6-22-7-5-20)8-14-13(21)15-12-16-18-19-17-12/h2-3,10H,4-8H2,1H3,(H3,14,15,16,17,18,19,21). The van der Waals surface area contributed by atoms with Gasteiger partial charge in [-0.2, -0.15) is 5.21 Å². The molecule has 2 amide bonds. The summed E-state index contributed by atoms with van der Waals surface area (Å²) in [5.74, 6) is 1.79. The first-order valence-corrected chi connectivity index (χ1v) is 7.39. The maximum absolute atomic E-state index is 11.9. The van der Waals surface area contributed by atoms with Gasteiger partial charge in [-0.3, -0.25) is 10.2 Å². The molecular formula is C13H19N7O3. The number of tetrazole rings is 1. The summed E-state index contributed by atoms with van der Waals surface area (Å²) in [7, 11) is 0. The van der Waals surface area contributed by atoms with Crippen LogP contribution in [0.4, 0.5) is 10.7 Å². The number of ether oxygens (including phenoxy) is 1. The van der Waals surface area contributed by atoms with Crippen molar-refractivity contribution in [3.05, 3.63) is 23.7 Å². The normalized spacial score (nSPS) is 16.9. The van der Waals surface area contributed by atoms with E-state index in [1.165, 1.54) is 0 Å². The van der Waals surface area contributed by atoms with Crippen molar-refractivity contribution >= 4 is 12.0 Å². The molecule has 3 rings (SSSR count). The van der Waals surface area contributed by atoms with Gasteiger partial charge in [0.1, 0.15) is 11.5 Å². The van der Waals surface area contributed by atoms with Gasteiger partial charge in [-0.25, -0.2) is 4.79 Å². The average Bonchev–Trinajstić information content (AvgIpc) is 3.21. The van der Waals surface area contributed by atoms with Crippen molar-refractivity contribution in [1.82, 2.24) is 30.8 Å². The molecule has 2 aromatic heterocycles. The Hall–Kier alpha value is -2.46. The molecule has 23 heavy (non-hydrogen) atoms. The first-order valence-electron chi connectivity index (χ1n) is 7.39. The minimum Gasteiger partial charge on any atom is -0.465 e. The monoisotopic (exact) mass is 321 g/mol. The van der Waals surface area contributed by atoms with Crippen LogP contribution in [0.2, 0.25) is 0 Å². The fourth-order valence-corrected chi connectivity index (χ4v) is 2.48. The maximum atomic E-state index is 11.9. The lowest BCUT2D eigenvalue weighted by molar-refractivity contribution is 0.0122. The molecule has 10 heteroatoms. The smallest absolute Gasteiger partial charge is 0.321 e. The molecule has 1 atom stereocenters. The molecule has 2 aromatic rings. The van der Waals surface area contributed by atoms with E-state index in [9.17, 15) is 4.79 Å². The molecule has 124 valence electrons. The SMILES string of the molecule is Cc1ccc(C(CNC(=O)Nc2nn[nH]n2)N2CCOCC2)o1. The minimum atomic E-state index is -0.395. The number of nitrogens with one attached hydrogen (secondary N) is 3. The van der Waals surface area contributed by atoms with Crippen molar-refractivity contribution in [3.8, 4) is 0 Å². The number of aromatic nitrogens is 4. The van der Waals surface area contributed by atoms with Crippen molar-refractivity contribution in [3.63, 3.8) is 0 Å². The summed E-state index contributed by atoms with van der Waals surface area (Å²) in [5.41, 5.74) is 0. The van der Waals surface area contributed by atoms with E-state index >= 15 is 0 Å². The van der Waals surface area contributed by atoms with E-state index in [2.05, 4.69) is 36.2 Å². The molecular weight excluding hydrogens is 302 g/mol. The molecule has 3 N–H and O–H groups in total. The Morgan fingerprint density at radius 1 is 1.43 bits per heavy atom. The van der Waals surface area contributed by atoms with E-state index in [1.807, 2.05) is 19.1 Å². The van der Waals surface area contributed by atoms with Gasteiger partial charge in [0, 0.05) is 19.6 Å². The third kappa shape index (κ3) is 4.05. The molecule has 1 saturated heterocycles. The van der Waals surface area contributed by atoms with Crippen molar-refractivity contribution < 1.29 is 13.9 Å². The number of nitrogens with zero attached hydrogens (tertiary/aromatic N) is 4. The van der Waals surface area contributed by atoms with Crippen molar-refractivity contribution in [2.75, 3.05) is 38.2 Å². The topological polar surface area (TPSA) is 121 Å². The number of aryl methyl sites for hydroxylation is 1. The molecule has 0 bridgehead atoms. The molecule has 1 unspecified atom stereocenters. The fraction of sp³-hybridized carbons (Fsp3) is 0.538. The van der Waals surface area contributed by atoms with Gasteiger partial charge >= 0.3 is 6.03 Å². The molecule has 0 spiro atoms. The van der Waals surface area contributed by atoms with Crippen LogP contribution in [0, 0.1) is 6.92 Å². The van der Waals surface area contributed by atoms with E-state index in [-0.39, 0.29) is 12.0 Å². The van der Waals surface area contributed by atoms with Gasteiger partial charge in [0.25, 0.3) is 5.95 Å². The van der Waals surface area contributed by atoms with Gasteiger partial charge in [-0.15, -0.1) is 5.10 Å². The van der Waals surface area contributed by atoms with Crippen LogP contribution in [0.25, 0.3) is 0 Å². The van der Waals surface area contributed by atoms with E-state index in [0.29, 0.717) is 19.8 Å². The number of carbonyl (C=O) groups excluding carboxylic acids is 1. The average molecular weight is 321 g/mol. The first kappa shape index (κ1) is 15.4. The maximum Gasteiger partial charge on any atom is 0.321 e. The van der Waals surface area contributed by atoms with Gasteiger partial charge < -0.3 is 14.5 Å². The fourth-order valence-electron chi connectivity index (χ4n) is 2.48. The molecule has 3 heterocycles. The van der Waals surface area contributed by atoms with E-state index in [4.69, 9.17) is 9.15 Å². The Bertz CT molecular complexity index is 621. The van der Waals surface area contributed by atoms with Gasteiger partial charge in [-0.05, 0) is 24.3 Å². The first-order chi connectivity index (χ1) is 11.2. The zero-order valence-electron chi connectivity index (χ0n) is 12.8. The van der Waals surface area contributed by atoms with E-state index in [0.717, 1.165) is 24.6 Å². The Balaban J connectivity index is 1.62. The van der Waals surface area contributed by atoms with Crippen LogP contribution in [0.15, 0.2) is 16.5 Å². The number of carbonyl (C=O) groups is 1. The van der Waals surface area contributed by atoms with Crippen LogP contribution in [-0.2, 0) is 4.74 Å². The van der Waals surface area contributed by atoms with Crippen LogP contribution >= 0.6 is 0 Å². The van der Waals surface area contributed by atoms with E-state index < -0.39 is 6.03 Å². The Morgan fingerprint density at radius 2 is 2.26 bits per heavy atom. The van der Waals surface area contributed by atoms with Crippen LogP contribution in [-0.4, -0.2) is 64.4 Å². The quantitative estimate of drug-likeness (QED) is 0.724. The summed E-state index contributed by atoms with van der Waals surface area (Å²) in [6.07, 6.45) is 0. The molecule has 1 aliphatic rings. The third-order valence-electron chi connectivity index (χ3n) is 3.60. The van der Waals surface area contributed by atoms with Gasteiger partial charge in [-0.1, -0.05) is 5.10 Å². The van der Waals surface area contributed by atoms with Crippen LogP contribution in [0.1, 0.15) is 17.6 Å². The Kier molecular flexibility index (Phi) is 4.83. The largest absolute Gasteiger partial charge is 0.465 e. The van der Waals surface area contributed by atoms with Crippen LogP contribution in [0.3, 0.4) is 0 Å². The predicted octanol–water partition coefficient (Wildman–Crippen LogP) is 0.296. The summed E-state index contributed by atoms with van der Waals surface area (Å²) >= 11 is 0. The second-order valence-electron chi connectivity index (χ2n) is 5.18. The highest BCUT2D eigenvalue weighted by Gasteiger charge is 2.25. The second kappa shape index (κ2) is 7.20. The number of H-pyrrole nitrogens is 1. The van der Waals surface area contributed by atoms with Crippen molar-refractivity contribution in [1.29, 1.82) is 0 Å². The minimum absolute atomic E-state index is 0.0522. The molecule has 0 aromatic carbocycles. The van der Waals surface area contributed by atoms with Gasteiger partial charge in [0.2, 0.25) is 0 Å².